The van der Waals surface area contributed by atoms with Crippen LogP contribution in [0, 0.1) is 11.3 Å². The number of nitrogens with one attached hydrogen (secondary N) is 1. The SMILES string of the molecule is CC(C)(C)C1CCc2nc3ccccc3c(C(=O)NC3CCC(O)CC3)c2C1. The van der Waals surface area contributed by atoms with Crippen molar-refractivity contribution in [2.45, 2.75) is 77.9 Å². The molecule has 0 radical (unpaired) electrons. The Balaban J connectivity index is 1.72. The minimum absolute atomic E-state index is 0.0331. The molecule has 1 unspecified atom stereocenters. The highest BCUT2D eigenvalue weighted by molar-refractivity contribution is 6.07. The van der Waals surface area contributed by atoms with Crippen molar-refractivity contribution < 1.29 is 9.90 Å². The van der Waals surface area contributed by atoms with E-state index >= 15 is 0 Å². The normalized spacial score (nSPS) is 25.4. The summed E-state index contributed by atoms with van der Waals surface area (Å²) in [6, 6.07) is 8.18. The Morgan fingerprint density at radius 3 is 2.54 bits per heavy atom. The lowest BCUT2D eigenvalue weighted by Crippen LogP contribution is -2.39. The van der Waals surface area contributed by atoms with Crippen LogP contribution in [0.5, 0.6) is 0 Å². The molecule has 4 nitrogen and oxygen atoms in total. The van der Waals surface area contributed by atoms with Gasteiger partial charge in [0.2, 0.25) is 0 Å². The van der Waals surface area contributed by atoms with Gasteiger partial charge in [-0.25, -0.2) is 0 Å². The van der Waals surface area contributed by atoms with Crippen molar-refractivity contribution in [3.63, 3.8) is 0 Å². The first kappa shape index (κ1) is 19.4. The van der Waals surface area contributed by atoms with Crippen LogP contribution in [0.2, 0.25) is 0 Å². The van der Waals surface area contributed by atoms with Gasteiger partial charge in [0, 0.05) is 17.1 Å². The van der Waals surface area contributed by atoms with E-state index in [1.807, 2.05) is 24.3 Å². The molecule has 0 aliphatic heterocycles. The number of aliphatic hydroxyl groups excluding tert-OH is 1. The number of para-hydroxylation sites is 1. The van der Waals surface area contributed by atoms with Crippen molar-refractivity contribution in [1.29, 1.82) is 0 Å². The molecule has 1 heterocycles. The van der Waals surface area contributed by atoms with E-state index in [1.165, 1.54) is 0 Å². The molecule has 150 valence electrons. The van der Waals surface area contributed by atoms with Gasteiger partial charge < -0.3 is 10.4 Å². The standard InChI is InChI=1S/C24H32N2O2/c1-24(2,3)15-8-13-21-19(14-15)22(18-6-4-5-7-20(18)26-21)23(28)25-16-9-11-17(27)12-10-16/h4-7,15-17,27H,8-14H2,1-3H3,(H,25,28). The van der Waals surface area contributed by atoms with Gasteiger partial charge in [-0.2, -0.15) is 0 Å². The fourth-order valence-electron chi connectivity index (χ4n) is 4.86. The van der Waals surface area contributed by atoms with Gasteiger partial charge in [-0.1, -0.05) is 39.0 Å². The van der Waals surface area contributed by atoms with Gasteiger partial charge in [0.05, 0.1) is 17.2 Å². The molecule has 2 aliphatic rings. The highest BCUT2D eigenvalue weighted by Gasteiger charge is 2.33. The zero-order chi connectivity index (χ0) is 19.9. The molecule has 0 spiro atoms. The topological polar surface area (TPSA) is 62.2 Å². The molecule has 0 saturated heterocycles. The van der Waals surface area contributed by atoms with Gasteiger partial charge >= 0.3 is 0 Å². The Hall–Kier alpha value is -1.94. The fourth-order valence-corrected chi connectivity index (χ4v) is 4.86. The van der Waals surface area contributed by atoms with Gasteiger partial charge in [-0.15, -0.1) is 0 Å². The molecule has 4 heteroatoms. The summed E-state index contributed by atoms with van der Waals surface area (Å²) in [4.78, 5) is 18.4. The number of fused-ring (bicyclic) bond motifs is 2. The number of amides is 1. The van der Waals surface area contributed by atoms with Gasteiger partial charge in [0.15, 0.2) is 0 Å². The van der Waals surface area contributed by atoms with E-state index < -0.39 is 0 Å². The summed E-state index contributed by atoms with van der Waals surface area (Å²) in [6.07, 6.45) is 6.02. The average molecular weight is 381 g/mol. The number of rotatable bonds is 2. The number of benzene rings is 1. The largest absolute Gasteiger partial charge is 0.393 e. The van der Waals surface area contributed by atoms with Crippen LogP contribution in [0.15, 0.2) is 24.3 Å². The Labute approximate surface area is 167 Å². The van der Waals surface area contributed by atoms with Crippen molar-refractivity contribution in [2.24, 2.45) is 11.3 Å². The molecular formula is C24H32N2O2. The van der Waals surface area contributed by atoms with Crippen molar-refractivity contribution in [1.82, 2.24) is 10.3 Å². The zero-order valence-electron chi connectivity index (χ0n) is 17.3. The third-order valence-corrected chi connectivity index (χ3v) is 6.74. The van der Waals surface area contributed by atoms with Crippen LogP contribution in [-0.2, 0) is 12.8 Å². The van der Waals surface area contributed by atoms with E-state index in [1.54, 1.807) is 0 Å². The van der Waals surface area contributed by atoms with E-state index in [4.69, 9.17) is 4.98 Å². The van der Waals surface area contributed by atoms with Crippen LogP contribution in [0.1, 0.15) is 74.5 Å². The summed E-state index contributed by atoms with van der Waals surface area (Å²) in [7, 11) is 0. The van der Waals surface area contributed by atoms with Crippen LogP contribution < -0.4 is 5.32 Å². The molecule has 2 aromatic rings. The minimum Gasteiger partial charge on any atom is -0.393 e. The maximum atomic E-state index is 13.4. The van der Waals surface area contributed by atoms with E-state index in [2.05, 4.69) is 26.1 Å². The van der Waals surface area contributed by atoms with Gasteiger partial charge in [0.1, 0.15) is 0 Å². The quantitative estimate of drug-likeness (QED) is 0.811. The maximum absolute atomic E-state index is 13.4. The number of carbonyl (C=O) groups excluding carboxylic acids is 1. The van der Waals surface area contributed by atoms with E-state index in [0.717, 1.165) is 72.7 Å². The summed E-state index contributed by atoms with van der Waals surface area (Å²) in [5, 5.41) is 14.0. The summed E-state index contributed by atoms with van der Waals surface area (Å²) in [5.41, 5.74) is 4.22. The van der Waals surface area contributed by atoms with Crippen LogP contribution in [-0.4, -0.2) is 28.1 Å². The third kappa shape index (κ3) is 3.80. The number of carbonyl (C=O) groups is 1. The smallest absolute Gasteiger partial charge is 0.252 e. The zero-order valence-corrected chi connectivity index (χ0v) is 17.3. The first-order valence-corrected chi connectivity index (χ1v) is 10.7. The Morgan fingerprint density at radius 2 is 1.82 bits per heavy atom. The predicted octanol–water partition coefficient (Wildman–Crippen LogP) is 4.42. The maximum Gasteiger partial charge on any atom is 0.252 e. The number of aromatic nitrogens is 1. The third-order valence-electron chi connectivity index (χ3n) is 6.74. The molecule has 1 atom stereocenters. The summed E-state index contributed by atoms with van der Waals surface area (Å²) in [6.45, 7) is 6.89. The molecule has 2 N–H and O–H groups in total. The second-order valence-electron chi connectivity index (χ2n) is 9.71. The number of hydrogen-bond acceptors (Lipinski definition) is 3. The van der Waals surface area contributed by atoms with E-state index in [-0.39, 0.29) is 23.5 Å². The first-order valence-electron chi connectivity index (χ1n) is 10.7. The molecule has 1 aromatic heterocycles. The van der Waals surface area contributed by atoms with E-state index in [9.17, 15) is 9.90 Å². The van der Waals surface area contributed by atoms with Crippen molar-refractivity contribution >= 4 is 16.8 Å². The average Bonchev–Trinajstić information content (AvgIpc) is 2.66. The lowest BCUT2D eigenvalue weighted by molar-refractivity contribution is 0.0867. The lowest BCUT2D eigenvalue weighted by atomic mass is 9.70. The summed E-state index contributed by atoms with van der Waals surface area (Å²) in [5.74, 6) is 0.588. The lowest BCUT2D eigenvalue weighted by Gasteiger charge is -2.35. The molecule has 1 fully saturated rings. The van der Waals surface area contributed by atoms with Crippen LogP contribution in [0.4, 0.5) is 0 Å². The van der Waals surface area contributed by atoms with Gasteiger partial charge in [-0.3, -0.25) is 9.78 Å². The molecule has 1 amide bonds. The molecular weight excluding hydrogens is 348 g/mol. The van der Waals surface area contributed by atoms with Gasteiger partial charge in [0.25, 0.3) is 5.91 Å². The number of hydrogen-bond donors (Lipinski definition) is 2. The molecule has 2 aliphatic carbocycles. The van der Waals surface area contributed by atoms with Crippen LogP contribution in [0.3, 0.4) is 0 Å². The van der Waals surface area contributed by atoms with Crippen molar-refractivity contribution in [3.8, 4) is 0 Å². The second kappa shape index (κ2) is 7.47. The highest BCUT2D eigenvalue weighted by Crippen LogP contribution is 2.39. The fraction of sp³-hybridized carbons (Fsp3) is 0.583. The van der Waals surface area contributed by atoms with Crippen molar-refractivity contribution in [3.05, 3.63) is 41.1 Å². The second-order valence-corrected chi connectivity index (χ2v) is 9.71. The number of aliphatic hydroxyl groups is 1. The van der Waals surface area contributed by atoms with Crippen LogP contribution in [0.25, 0.3) is 10.9 Å². The summed E-state index contributed by atoms with van der Waals surface area (Å²) < 4.78 is 0. The molecule has 1 saturated carbocycles. The van der Waals surface area contributed by atoms with Gasteiger partial charge in [-0.05, 0) is 67.9 Å². The van der Waals surface area contributed by atoms with Crippen LogP contribution >= 0.6 is 0 Å². The van der Waals surface area contributed by atoms with Crippen molar-refractivity contribution in [2.75, 3.05) is 0 Å². The van der Waals surface area contributed by atoms with E-state index in [0.29, 0.717) is 5.92 Å². The number of aryl methyl sites for hydroxylation is 1. The molecule has 28 heavy (non-hydrogen) atoms. The Morgan fingerprint density at radius 1 is 1.11 bits per heavy atom. The summed E-state index contributed by atoms with van der Waals surface area (Å²) >= 11 is 0. The molecule has 0 bridgehead atoms. The molecule has 1 aromatic carbocycles. The number of pyridine rings is 1. The highest BCUT2D eigenvalue weighted by atomic mass is 16.3. The Bertz CT molecular complexity index is 876. The predicted molar refractivity (Wildman–Crippen MR) is 112 cm³/mol. The molecule has 4 rings (SSSR count). The minimum atomic E-state index is -0.213. The first-order chi connectivity index (χ1) is 13.3. The number of nitrogens with zero attached hydrogens (tertiary/aromatic N) is 1. The Kier molecular flexibility index (Phi) is 5.17. The monoisotopic (exact) mass is 380 g/mol.